The highest BCUT2D eigenvalue weighted by molar-refractivity contribution is 5.81. The number of aromatic nitrogens is 3. The first kappa shape index (κ1) is 11.6. The van der Waals surface area contributed by atoms with Gasteiger partial charge in [-0.3, -0.25) is 4.68 Å². The van der Waals surface area contributed by atoms with Gasteiger partial charge in [0, 0.05) is 23.6 Å². The Hall–Kier alpha value is -2.43. The van der Waals surface area contributed by atoms with Crippen molar-refractivity contribution in [3.05, 3.63) is 46.9 Å². The van der Waals surface area contributed by atoms with Crippen LogP contribution < -0.4 is 5.63 Å². The van der Waals surface area contributed by atoms with Crippen LogP contribution in [-0.2, 0) is 6.54 Å². The molecule has 2 heterocycles. The van der Waals surface area contributed by atoms with Gasteiger partial charge in [0.25, 0.3) is 0 Å². The average molecular weight is 255 g/mol. The molecule has 0 spiro atoms. The topological polar surface area (TPSA) is 60.9 Å². The second-order valence-corrected chi connectivity index (χ2v) is 4.37. The summed E-state index contributed by atoms with van der Waals surface area (Å²) in [5.41, 5.74) is 1.89. The maximum atomic E-state index is 11.2. The molecule has 2 aromatic heterocycles. The van der Waals surface area contributed by atoms with Crippen LogP contribution >= 0.6 is 0 Å². The maximum absolute atomic E-state index is 11.2. The summed E-state index contributed by atoms with van der Waals surface area (Å²) in [6.07, 6.45) is 2.90. The molecule has 0 atom stereocenters. The molecular formula is C14H13N3O2. The van der Waals surface area contributed by atoms with E-state index in [1.165, 1.54) is 6.07 Å². The second-order valence-electron chi connectivity index (χ2n) is 4.37. The van der Waals surface area contributed by atoms with E-state index in [1.54, 1.807) is 10.7 Å². The number of hydrogen-bond donors (Lipinski definition) is 0. The van der Waals surface area contributed by atoms with Gasteiger partial charge in [0.1, 0.15) is 11.3 Å². The van der Waals surface area contributed by atoms with Crippen molar-refractivity contribution in [3.8, 4) is 11.3 Å². The summed E-state index contributed by atoms with van der Waals surface area (Å²) in [6, 6.07) is 8.84. The third-order valence-electron chi connectivity index (χ3n) is 2.91. The van der Waals surface area contributed by atoms with E-state index >= 15 is 0 Å². The van der Waals surface area contributed by atoms with E-state index in [0.717, 1.165) is 29.6 Å². The van der Waals surface area contributed by atoms with E-state index in [1.807, 2.05) is 24.4 Å². The zero-order valence-electron chi connectivity index (χ0n) is 10.5. The molecule has 0 amide bonds. The van der Waals surface area contributed by atoms with Crippen molar-refractivity contribution in [2.24, 2.45) is 0 Å². The summed E-state index contributed by atoms with van der Waals surface area (Å²) in [7, 11) is 0. The number of rotatable bonds is 3. The lowest BCUT2D eigenvalue weighted by molar-refractivity contribution is 0.561. The fraction of sp³-hybridized carbons (Fsp3) is 0.214. The van der Waals surface area contributed by atoms with Crippen LogP contribution in [-0.4, -0.2) is 15.0 Å². The summed E-state index contributed by atoms with van der Waals surface area (Å²) >= 11 is 0. The van der Waals surface area contributed by atoms with Crippen molar-refractivity contribution in [2.45, 2.75) is 19.9 Å². The molecule has 0 saturated heterocycles. The molecule has 1 aromatic carbocycles. The van der Waals surface area contributed by atoms with Gasteiger partial charge in [-0.1, -0.05) is 24.3 Å². The van der Waals surface area contributed by atoms with Crippen molar-refractivity contribution in [1.82, 2.24) is 15.0 Å². The smallest absolute Gasteiger partial charge is 0.336 e. The van der Waals surface area contributed by atoms with Crippen molar-refractivity contribution in [3.63, 3.8) is 0 Å². The zero-order chi connectivity index (χ0) is 13.2. The van der Waals surface area contributed by atoms with E-state index < -0.39 is 0 Å². The highest BCUT2D eigenvalue weighted by Crippen LogP contribution is 2.21. The molecule has 0 aliphatic heterocycles. The molecule has 5 heteroatoms. The SMILES string of the molecule is CCCn1cc(-c2ccc3ccc(=O)oc3c2)nn1. The summed E-state index contributed by atoms with van der Waals surface area (Å²) < 4.78 is 6.97. The van der Waals surface area contributed by atoms with Crippen LogP contribution in [0.1, 0.15) is 13.3 Å². The first-order valence-corrected chi connectivity index (χ1v) is 6.20. The van der Waals surface area contributed by atoms with Gasteiger partial charge in [0.05, 0.1) is 6.20 Å². The number of nitrogens with zero attached hydrogens (tertiary/aromatic N) is 3. The van der Waals surface area contributed by atoms with Gasteiger partial charge >= 0.3 is 5.63 Å². The van der Waals surface area contributed by atoms with Gasteiger partial charge in [0.2, 0.25) is 0 Å². The molecule has 19 heavy (non-hydrogen) atoms. The molecule has 0 unspecified atom stereocenters. The van der Waals surface area contributed by atoms with Crippen LogP contribution in [0.4, 0.5) is 0 Å². The van der Waals surface area contributed by atoms with Gasteiger partial charge in [0.15, 0.2) is 0 Å². The molecule has 3 aromatic rings. The van der Waals surface area contributed by atoms with Crippen LogP contribution in [0.25, 0.3) is 22.2 Å². The van der Waals surface area contributed by atoms with Crippen molar-refractivity contribution >= 4 is 11.0 Å². The largest absolute Gasteiger partial charge is 0.423 e. The van der Waals surface area contributed by atoms with Crippen LogP contribution in [0.5, 0.6) is 0 Å². The van der Waals surface area contributed by atoms with Crippen LogP contribution in [0.15, 0.2) is 45.7 Å². The lowest BCUT2D eigenvalue weighted by atomic mass is 10.1. The molecule has 96 valence electrons. The van der Waals surface area contributed by atoms with Crippen molar-refractivity contribution in [1.29, 1.82) is 0 Å². The zero-order valence-corrected chi connectivity index (χ0v) is 10.5. The first-order chi connectivity index (χ1) is 9.26. The normalized spacial score (nSPS) is 11.0. The monoisotopic (exact) mass is 255 g/mol. The highest BCUT2D eigenvalue weighted by Gasteiger charge is 2.06. The quantitative estimate of drug-likeness (QED) is 0.674. The maximum Gasteiger partial charge on any atom is 0.336 e. The Kier molecular flexibility index (Phi) is 2.87. The lowest BCUT2D eigenvalue weighted by Crippen LogP contribution is -1.96. The number of hydrogen-bond acceptors (Lipinski definition) is 4. The van der Waals surface area contributed by atoms with Crippen molar-refractivity contribution < 1.29 is 4.42 Å². The highest BCUT2D eigenvalue weighted by atomic mass is 16.4. The summed E-state index contributed by atoms with van der Waals surface area (Å²) in [4.78, 5) is 11.2. The Bertz CT molecular complexity index is 773. The van der Waals surface area contributed by atoms with E-state index in [2.05, 4.69) is 17.2 Å². The first-order valence-electron chi connectivity index (χ1n) is 6.20. The molecule has 0 saturated carbocycles. The molecule has 0 radical (unpaired) electrons. The molecule has 0 bridgehead atoms. The number of fused-ring (bicyclic) bond motifs is 1. The number of aryl methyl sites for hydroxylation is 1. The van der Waals surface area contributed by atoms with Gasteiger partial charge in [-0.2, -0.15) is 0 Å². The average Bonchev–Trinajstić information content (AvgIpc) is 2.87. The third kappa shape index (κ3) is 2.27. The van der Waals surface area contributed by atoms with Crippen LogP contribution in [0, 0.1) is 0 Å². The van der Waals surface area contributed by atoms with E-state index in [0.29, 0.717) is 5.58 Å². The molecule has 3 rings (SSSR count). The minimum atomic E-state index is -0.348. The Labute approximate surface area is 109 Å². The molecular weight excluding hydrogens is 242 g/mol. The van der Waals surface area contributed by atoms with E-state index in [4.69, 9.17) is 4.42 Å². The van der Waals surface area contributed by atoms with Gasteiger partial charge in [-0.05, 0) is 18.6 Å². The van der Waals surface area contributed by atoms with Gasteiger partial charge < -0.3 is 4.42 Å². The Morgan fingerprint density at radius 3 is 2.95 bits per heavy atom. The lowest BCUT2D eigenvalue weighted by Gasteiger charge is -1.99. The molecule has 0 aliphatic carbocycles. The van der Waals surface area contributed by atoms with Crippen molar-refractivity contribution in [2.75, 3.05) is 0 Å². The molecule has 0 N–H and O–H groups in total. The molecule has 0 aliphatic rings. The molecule has 5 nitrogen and oxygen atoms in total. The summed E-state index contributed by atoms with van der Waals surface area (Å²) in [5.74, 6) is 0. The minimum Gasteiger partial charge on any atom is -0.423 e. The Morgan fingerprint density at radius 2 is 2.11 bits per heavy atom. The number of benzene rings is 1. The minimum absolute atomic E-state index is 0.348. The standard InChI is InChI=1S/C14H13N3O2/c1-2-7-17-9-12(15-16-17)11-4-3-10-5-6-14(18)19-13(10)8-11/h3-6,8-9H,2,7H2,1H3. The Balaban J connectivity index is 2.06. The van der Waals surface area contributed by atoms with Gasteiger partial charge in [-0.15, -0.1) is 5.10 Å². The third-order valence-corrected chi connectivity index (χ3v) is 2.91. The molecule has 0 fully saturated rings. The predicted molar refractivity (Wildman–Crippen MR) is 71.8 cm³/mol. The summed E-state index contributed by atoms with van der Waals surface area (Å²) in [5, 5.41) is 9.07. The fourth-order valence-corrected chi connectivity index (χ4v) is 1.99. The van der Waals surface area contributed by atoms with Crippen LogP contribution in [0.3, 0.4) is 0 Å². The van der Waals surface area contributed by atoms with E-state index in [-0.39, 0.29) is 5.63 Å². The Morgan fingerprint density at radius 1 is 1.26 bits per heavy atom. The van der Waals surface area contributed by atoms with Crippen LogP contribution in [0.2, 0.25) is 0 Å². The van der Waals surface area contributed by atoms with E-state index in [9.17, 15) is 4.79 Å². The fourth-order valence-electron chi connectivity index (χ4n) is 1.99. The predicted octanol–water partition coefficient (Wildman–Crippen LogP) is 2.46. The van der Waals surface area contributed by atoms with Gasteiger partial charge in [-0.25, -0.2) is 4.79 Å². The summed E-state index contributed by atoms with van der Waals surface area (Å²) in [6.45, 7) is 2.93. The second kappa shape index (κ2) is 4.68.